The van der Waals surface area contributed by atoms with Crippen LogP contribution in [-0.2, 0) is 35.5 Å². The number of pyridine rings is 1. The zero-order chi connectivity index (χ0) is 30.8. The molecular weight excluding hydrogens is 563 g/mol. The van der Waals surface area contributed by atoms with E-state index in [-0.39, 0.29) is 18.7 Å². The van der Waals surface area contributed by atoms with Crippen LogP contribution in [0.25, 0.3) is 0 Å². The second kappa shape index (κ2) is 14.3. The Balaban J connectivity index is 1.56. The van der Waals surface area contributed by atoms with Gasteiger partial charge >= 0.3 is 12.3 Å². The number of hydrogen-bond donors (Lipinski definition) is 3. The average Bonchev–Trinajstić information content (AvgIpc) is 2.99. The number of carbonyl (C=O) groups excluding carboxylic acids is 2. The number of alkyl halides is 3. The molecule has 2 unspecified atom stereocenters. The third-order valence-electron chi connectivity index (χ3n) is 6.52. The normalized spacial score (nSPS) is 12.7. The van der Waals surface area contributed by atoms with E-state index in [1.807, 2.05) is 36.4 Å². The van der Waals surface area contributed by atoms with Crippen LogP contribution >= 0.6 is 0 Å². The number of ether oxygens (including phenoxy) is 1. The van der Waals surface area contributed by atoms with Gasteiger partial charge in [0.15, 0.2) is 6.10 Å². The number of aliphatic hydroxyl groups excluding tert-OH is 1. The molecule has 0 saturated carbocycles. The topological polar surface area (TPSA) is 110 Å². The van der Waals surface area contributed by atoms with Crippen LogP contribution in [0.15, 0.2) is 108 Å². The number of halogens is 3. The number of nitrogens with zero attached hydrogens (tertiary/aromatic N) is 1. The number of hydrogen-bond acceptors (Lipinski definition) is 5. The highest BCUT2D eigenvalue weighted by molar-refractivity contribution is 5.84. The Bertz CT molecular complexity index is 1560. The molecule has 4 rings (SSSR count). The first-order valence-corrected chi connectivity index (χ1v) is 13.4. The SMILES string of the molecule is O=C(Cn1cc(Cc2ccccc2)cc(NC(=O)OCc2ccccc2)c1=O)NC(Cc1ccccc1)C(O)C(F)(F)F. The van der Waals surface area contributed by atoms with Crippen LogP contribution in [-0.4, -0.2) is 40.0 Å². The van der Waals surface area contributed by atoms with Gasteiger partial charge in [0.2, 0.25) is 5.91 Å². The molecule has 224 valence electrons. The Hall–Kier alpha value is -4.90. The number of nitrogens with one attached hydrogen (secondary N) is 2. The van der Waals surface area contributed by atoms with Gasteiger partial charge in [-0.05, 0) is 41.2 Å². The van der Waals surface area contributed by atoms with Crippen molar-refractivity contribution in [2.24, 2.45) is 0 Å². The smallest absolute Gasteiger partial charge is 0.416 e. The van der Waals surface area contributed by atoms with Crippen LogP contribution in [0.5, 0.6) is 0 Å². The number of carbonyl (C=O) groups is 2. The molecule has 0 bridgehead atoms. The fraction of sp³-hybridized carbons (Fsp3) is 0.219. The highest BCUT2D eigenvalue weighted by Crippen LogP contribution is 2.24. The minimum atomic E-state index is -4.99. The Morgan fingerprint density at radius 2 is 1.40 bits per heavy atom. The summed E-state index contributed by atoms with van der Waals surface area (Å²) in [6.07, 6.45) is -7.28. The van der Waals surface area contributed by atoms with Crippen molar-refractivity contribution in [3.8, 4) is 0 Å². The molecular formula is C32H30F3N3O5. The summed E-state index contributed by atoms with van der Waals surface area (Å²) in [6.45, 7) is -0.706. The summed E-state index contributed by atoms with van der Waals surface area (Å²) < 4.78 is 46.5. The van der Waals surface area contributed by atoms with E-state index in [9.17, 15) is 32.7 Å². The molecule has 0 aliphatic carbocycles. The van der Waals surface area contributed by atoms with E-state index in [0.29, 0.717) is 17.5 Å². The molecule has 0 aliphatic heterocycles. The van der Waals surface area contributed by atoms with Crippen LogP contribution in [0.2, 0.25) is 0 Å². The van der Waals surface area contributed by atoms with Crippen molar-refractivity contribution < 1.29 is 32.6 Å². The quantitative estimate of drug-likeness (QED) is 0.231. The first-order valence-electron chi connectivity index (χ1n) is 13.4. The van der Waals surface area contributed by atoms with Gasteiger partial charge in [-0.25, -0.2) is 4.79 Å². The van der Waals surface area contributed by atoms with Crippen molar-refractivity contribution in [3.05, 3.63) is 136 Å². The second-order valence-electron chi connectivity index (χ2n) is 9.89. The molecule has 2 atom stereocenters. The maximum atomic E-state index is 13.4. The van der Waals surface area contributed by atoms with Gasteiger partial charge in [0.25, 0.3) is 5.56 Å². The predicted molar refractivity (Wildman–Crippen MR) is 154 cm³/mol. The zero-order valence-corrected chi connectivity index (χ0v) is 23.0. The van der Waals surface area contributed by atoms with Gasteiger partial charge < -0.3 is 19.7 Å². The fourth-order valence-corrected chi connectivity index (χ4v) is 4.45. The first-order chi connectivity index (χ1) is 20.6. The van der Waals surface area contributed by atoms with Crippen LogP contribution in [0.4, 0.5) is 23.7 Å². The highest BCUT2D eigenvalue weighted by atomic mass is 19.4. The summed E-state index contributed by atoms with van der Waals surface area (Å²) in [5, 5.41) is 14.6. The van der Waals surface area contributed by atoms with E-state index in [1.165, 1.54) is 12.3 Å². The van der Waals surface area contributed by atoms with E-state index in [2.05, 4.69) is 10.6 Å². The van der Waals surface area contributed by atoms with Crippen LogP contribution in [0, 0.1) is 0 Å². The predicted octanol–water partition coefficient (Wildman–Crippen LogP) is 4.84. The largest absolute Gasteiger partial charge is 0.444 e. The molecule has 0 fully saturated rings. The molecule has 3 aromatic carbocycles. The zero-order valence-electron chi connectivity index (χ0n) is 23.0. The van der Waals surface area contributed by atoms with Crippen molar-refractivity contribution in [1.29, 1.82) is 0 Å². The standard InChI is InChI=1S/C32H30F3N3O5/c33-32(34,35)29(40)26(17-23-12-6-2-7-13-23)36-28(39)20-38-19-25(16-22-10-4-1-5-11-22)18-27(30(38)41)37-31(42)43-21-24-14-8-3-9-15-24/h1-15,18-19,26,29,40H,16-17,20-21H2,(H,36,39)(H,37,42). The van der Waals surface area contributed by atoms with E-state index >= 15 is 0 Å². The Morgan fingerprint density at radius 1 is 0.837 bits per heavy atom. The van der Waals surface area contributed by atoms with Crippen molar-refractivity contribution in [2.45, 2.75) is 44.3 Å². The molecule has 4 aromatic rings. The molecule has 3 N–H and O–H groups in total. The number of aromatic nitrogens is 1. The summed E-state index contributed by atoms with van der Waals surface area (Å²) in [7, 11) is 0. The molecule has 0 aliphatic rings. The minimum Gasteiger partial charge on any atom is -0.444 e. The van der Waals surface area contributed by atoms with Crippen molar-refractivity contribution in [3.63, 3.8) is 0 Å². The summed E-state index contributed by atoms with van der Waals surface area (Å²) >= 11 is 0. The first kappa shape index (κ1) is 31.0. The minimum absolute atomic E-state index is 0.0443. The molecule has 0 radical (unpaired) electrons. The molecule has 2 amide bonds. The Kier molecular flexibility index (Phi) is 10.3. The third kappa shape index (κ3) is 9.30. The Labute approximate surface area is 245 Å². The number of anilines is 1. The molecule has 1 aromatic heterocycles. The van der Waals surface area contributed by atoms with Crippen molar-refractivity contribution in [1.82, 2.24) is 9.88 Å². The van der Waals surface area contributed by atoms with E-state index in [1.54, 1.807) is 54.6 Å². The van der Waals surface area contributed by atoms with Gasteiger partial charge in [-0.2, -0.15) is 13.2 Å². The molecule has 1 heterocycles. The fourth-order valence-electron chi connectivity index (χ4n) is 4.45. The van der Waals surface area contributed by atoms with Gasteiger partial charge in [0.1, 0.15) is 18.8 Å². The lowest BCUT2D eigenvalue weighted by Gasteiger charge is -2.26. The summed E-state index contributed by atoms with van der Waals surface area (Å²) in [6, 6.07) is 26.0. The van der Waals surface area contributed by atoms with Crippen LogP contribution in [0.1, 0.15) is 22.3 Å². The maximum absolute atomic E-state index is 13.4. The highest BCUT2D eigenvalue weighted by Gasteiger charge is 2.44. The van der Waals surface area contributed by atoms with Gasteiger partial charge in [0, 0.05) is 6.20 Å². The number of benzene rings is 3. The number of rotatable bonds is 11. The van der Waals surface area contributed by atoms with Crippen molar-refractivity contribution in [2.75, 3.05) is 5.32 Å². The van der Waals surface area contributed by atoms with E-state index in [0.717, 1.165) is 15.7 Å². The molecule has 0 spiro atoms. The average molecular weight is 594 g/mol. The van der Waals surface area contributed by atoms with E-state index < -0.39 is 42.4 Å². The molecule has 0 saturated heterocycles. The van der Waals surface area contributed by atoms with Crippen LogP contribution < -0.4 is 16.2 Å². The molecule has 11 heteroatoms. The van der Waals surface area contributed by atoms with E-state index in [4.69, 9.17) is 4.74 Å². The molecule has 8 nitrogen and oxygen atoms in total. The van der Waals surface area contributed by atoms with Crippen LogP contribution in [0.3, 0.4) is 0 Å². The monoisotopic (exact) mass is 593 g/mol. The Morgan fingerprint density at radius 3 is 1.98 bits per heavy atom. The third-order valence-corrected chi connectivity index (χ3v) is 6.52. The van der Waals surface area contributed by atoms with Gasteiger partial charge in [0.05, 0.1) is 6.04 Å². The van der Waals surface area contributed by atoms with Gasteiger partial charge in [-0.15, -0.1) is 0 Å². The maximum Gasteiger partial charge on any atom is 0.416 e. The summed E-state index contributed by atoms with van der Waals surface area (Å²) in [5.41, 5.74) is 1.70. The van der Waals surface area contributed by atoms with Crippen molar-refractivity contribution >= 4 is 17.7 Å². The van der Waals surface area contributed by atoms with Gasteiger partial charge in [-0.3, -0.25) is 14.9 Å². The summed E-state index contributed by atoms with van der Waals surface area (Å²) in [4.78, 5) is 38.8. The second-order valence-corrected chi connectivity index (χ2v) is 9.89. The lowest BCUT2D eigenvalue weighted by molar-refractivity contribution is -0.212. The lowest BCUT2D eigenvalue weighted by Crippen LogP contribution is -2.52. The lowest BCUT2D eigenvalue weighted by atomic mass is 10.0. The molecule has 43 heavy (non-hydrogen) atoms. The number of aliphatic hydroxyl groups is 1. The number of amides is 2. The van der Waals surface area contributed by atoms with Gasteiger partial charge in [-0.1, -0.05) is 91.0 Å². The summed E-state index contributed by atoms with van der Waals surface area (Å²) in [5.74, 6) is -0.930.